The SMILES string of the molecule is Cc1nc2c(c(=O)n1CC(=O)NCCCc1ccccc1)CCCC2. The number of nitrogens with zero attached hydrogens (tertiary/aromatic N) is 2. The number of aromatic nitrogens is 2. The minimum atomic E-state index is -0.129. The average Bonchev–Trinajstić information content (AvgIpc) is 2.63. The molecule has 5 heteroatoms. The first-order valence-electron chi connectivity index (χ1n) is 9.05. The van der Waals surface area contributed by atoms with Crippen LogP contribution >= 0.6 is 0 Å². The molecule has 1 heterocycles. The van der Waals surface area contributed by atoms with Crippen molar-refractivity contribution in [2.75, 3.05) is 6.54 Å². The van der Waals surface area contributed by atoms with Crippen molar-refractivity contribution in [1.82, 2.24) is 14.9 Å². The van der Waals surface area contributed by atoms with E-state index >= 15 is 0 Å². The van der Waals surface area contributed by atoms with Gasteiger partial charge in [-0.3, -0.25) is 14.2 Å². The standard InChI is InChI=1S/C20H25N3O2/c1-15-22-18-12-6-5-11-17(18)20(25)23(15)14-19(24)21-13-7-10-16-8-3-2-4-9-16/h2-4,8-9H,5-7,10-14H2,1H3,(H,21,24). The summed E-state index contributed by atoms with van der Waals surface area (Å²) in [5.74, 6) is 0.501. The molecule has 132 valence electrons. The van der Waals surface area contributed by atoms with Gasteiger partial charge in [-0.15, -0.1) is 0 Å². The van der Waals surface area contributed by atoms with Crippen molar-refractivity contribution in [3.8, 4) is 0 Å². The average molecular weight is 339 g/mol. The summed E-state index contributed by atoms with van der Waals surface area (Å²) < 4.78 is 1.51. The molecule has 0 radical (unpaired) electrons. The lowest BCUT2D eigenvalue weighted by molar-refractivity contribution is -0.121. The molecule has 1 aliphatic carbocycles. The summed E-state index contributed by atoms with van der Waals surface area (Å²) in [4.78, 5) is 29.4. The van der Waals surface area contributed by atoms with Gasteiger partial charge in [-0.25, -0.2) is 4.98 Å². The maximum absolute atomic E-state index is 12.6. The Hall–Kier alpha value is -2.43. The zero-order chi connectivity index (χ0) is 17.6. The van der Waals surface area contributed by atoms with Crippen LogP contribution in [0.25, 0.3) is 0 Å². The second-order valence-corrected chi connectivity index (χ2v) is 6.62. The van der Waals surface area contributed by atoms with Crippen molar-refractivity contribution >= 4 is 5.91 Å². The highest BCUT2D eigenvalue weighted by molar-refractivity contribution is 5.75. The Morgan fingerprint density at radius 1 is 1.20 bits per heavy atom. The molecule has 0 atom stereocenters. The van der Waals surface area contributed by atoms with Crippen LogP contribution in [0.1, 0.15) is 41.9 Å². The molecule has 3 rings (SSSR count). The monoisotopic (exact) mass is 339 g/mol. The highest BCUT2D eigenvalue weighted by Crippen LogP contribution is 2.16. The summed E-state index contributed by atoms with van der Waals surface area (Å²) in [6.07, 6.45) is 5.58. The van der Waals surface area contributed by atoms with E-state index in [2.05, 4.69) is 22.4 Å². The van der Waals surface area contributed by atoms with Crippen molar-refractivity contribution in [3.63, 3.8) is 0 Å². The third kappa shape index (κ3) is 4.35. The van der Waals surface area contributed by atoms with E-state index in [1.807, 2.05) is 18.2 Å². The van der Waals surface area contributed by atoms with Crippen LogP contribution in [0.5, 0.6) is 0 Å². The number of amides is 1. The van der Waals surface area contributed by atoms with Crippen LogP contribution in [-0.2, 0) is 30.6 Å². The molecule has 1 aliphatic rings. The number of hydrogen-bond acceptors (Lipinski definition) is 3. The summed E-state index contributed by atoms with van der Waals surface area (Å²) in [6.45, 7) is 2.47. The van der Waals surface area contributed by atoms with Crippen LogP contribution in [-0.4, -0.2) is 22.0 Å². The molecule has 1 aromatic heterocycles. The predicted molar refractivity (Wildman–Crippen MR) is 97.6 cm³/mol. The number of nitrogens with one attached hydrogen (secondary N) is 1. The molecule has 25 heavy (non-hydrogen) atoms. The fourth-order valence-corrected chi connectivity index (χ4v) is 3.36. The predicted octanol–water partition coefficient (Wildman–Crippen LogP) is 2.18. The van der Waals surface area contributed by atoms with Crippen molar-refractivity contribution in [3.05, 3.63) is 63.3 Å². The van der Waals surface area contributed by atoms with Gasteiger partial charge in [-0.2, -0.15) is 0 Å². The molecule has 0 aliphatic heterocycles. The summed E-state index contributed by atoms with van der Waals surface area (Å²) in [5.41, 5.74) is 2.95. The van der Waals surface area contributed by atoms with E-state index in [0.717, 1.165) is 49.8 Å². The van der Waals surface area contributed by atoms with Crippen molar-refractivity contribution in [1.29, 1.82) is 0 Å². The van der Waals surface area contributed by atoms with Crippen molar-refractivity contribution in [2.45, 2.75) is 52.0 Å². The molecule has 1 amide bonds. The molecule has 2 aromatic rings. The zero-order valence-electron chi connectivity index (χ0n) is 14.8. The largest absolute Gasteiger partial charge is 0.355 e. The highest BCUT2D eigenvalue weighted by Gasteiger charge is 2.18. The molecule has 0 saturated carbocycles. The Morgan fingerprint density at radius 2 is 1.96 bits per heavy atom. The third-order valence-corrected chi connectivity index (χ3v) is 4.74. The number of fused-ring (bicyclic) bond motifs is 1. The maximum atomic E-state index is 12.6. The lowest BCUT2D eigenvalue weighted by atomic mass is 9.97. The second-order valence-electron chi connectivity index (χ2n) is 6.62. The molecular weight excluding hydrogens is 314 g/mol. The zero-order valence-corrected chi connectivity index (χ0v) is 14.8. The first kappa shape index (κ1) is 17.4. The number of rotatable bonds is 6. The summed E-state index contributed by atoms with van der Waals surface area (Å²) in [7, 11) is 0. The summed E-state index contributed by atoms with van der Waals surface area (Å²) in [5, 5.41) is 2.91. The van der Waals surface area contributed by atoms with Gasteiger partial charge in [0, 0.05) is 12.1 Å². The van der Waals surface area contributed by atoms with E-state index in [1.54, 1.807) is 6.92 Å². The van der Waals surface area contributed by atoms with Crippen molar-refractivity contribution < 1.29 is 4.79 Å². The van der Waals surface area contributed by atoms with Gasteiger partial charge in [0.15, 0.2) is 0 Å². The lowest BCUT2D eigenvalue weighted by Crippen LogP contribution is -2.37. The van der Waals surface area contributed by atoms with Crippen LogP contribution in [0.4, 0.5) is 0 Å². The Labute approximate surface area is 148 Å². The Balaban J connectivity index is 1.55. The fraction of sp³-hybridized carbons (Fsp3) is 0.450. The van der Waals surface area contributed by atoms with Crippen molar-refractivity contribution in [2.24, 2.45) is 0 Å². The molecule has 5 nitrogen and oxygen atoms in total. The fourth-order valence-electron chi connectivity index (χ4n) is 3.36. The number of hydrogen-bond donors (Lipinski definition) is 1. The first-order valence-corrected chi connectivity index (χ1v) is 9.05. The minimum Gasteiger partial charge on any atom is -0.355 e. The second kappa shape index (κ2) is 8.10. The molecule has 0 fully saturated rings. The molecule has 1 aromatic carbocycles. The van der Waals surface area contributed by atoms with Gasteiger partial charge >= 0.3 is 0 Å². The Kier molecular flexibility index (Phi) is 5.64. The van der Waals surface area contributed by atoms with E-state index in [9.17, 15) is 9.59 Å². The maximum Gasteiger partial charge on any atom is 0.257 e. The summed E-state index contributed by atoms with van der Waals surface area (Å²) in [6, 6.07) is 10.2. The Morgan fingerprint density at radius 3 is 2.76 bits per heavy atom. The van der Waals surface area contributed by atoms with Gasteiger partial charge < -0.3 is 5.32 Å². The van der Waals surface area contributed by atoms with Crippen LogP contribution in [0.2, 0.25) is 0 Å². The van der Waals surface area contributed by atoms with Gasteiger partial charge in [0.05, 0.1) is 5.69 Å². The number of benzene rings is 1. The van der Waals surface area contributed by atoms with Gasteiger partial charge in [-0.05, 0) is 51.0 Å². The highest BCUT2D eigenvalue weighted by atomic mass is 16.2. The van der Waals surface area contributed by atoms with Gasteiger partial charge in [-0.1, -0.05) is 30.3 Å². The van der Waals surface area contributed by atoms with Gasteiger partial charge in [0.25, 0.3) is 5.56 Å². The van der Waals surface area contributed by atoms with E-state index < -0.39 is 0 Å². The first-order chi connectivity index (χ1) is 12.1. The number of carbonyl (C=O) groups is 1. The normalized spacial score (nSPS) is 13.3. The molecule has 0 saturated heterocycles. The molecule has 0 bridgehead atoms. The smallest absolute Gasteiger partial charge is 0.257 e. The Bertz CT molecular complexity index is 797. The summed E-state index contributed by atoms with van der Waals surface area (Å²) >= 11 is 0. The topological polar surface area (TPSA) is 64.0 Å². The van der Waals surface area contributed by atoms with Crippen LogP contribution in [0.3, 0.4) is 0 Å². The molecule has 0 unspecified atom stereocenters. The minimum absolute atomic E-state index is 0.0402. The quantitative estimate of drug-likeness (QED) is 0.821. The van der Waals surface area contributed by atoms with Crippen LogP contribution in [0, 0.1) is 6.92 Å². The van der Waals surface area contributed by atoms with E-state index in [-0.39, 0.29) is 18.0 Å². The van der Waals surface area contributed by atoms with Crippen LogP contribution in [0.15, 0.2) is 35.1 Å². The molecular formula is C20H25N3O2. The van der Waals surface area contributed by atoms with E-state index in [1.165, 1.54) is 10.1 Å². The van der Waals surface area contributed by atoms with Crippen LogP contribution < -0.4 is 10.9 Å². The molecule has 0 spiro atoms. The third-order valence-electron chi connectivity index (χ3n) is 4.74. The number of carbonyl (C=O) groups excluding carboxylic acids is 1. The van der Waals surface area contributed by atoms with E-state index in [4.69, 9.17) is 0 Å². The number of aryl methyl sites for hydroxylation is 3. The van der Waals surface area contributed by atoms with Gasteiger partial charge in [0.2, 0.25) is 5.91 Å². The van der Waals surface area contributed by atoms with E-state index in [0.29, 0.717) is 12.4 Å². The van der Waals surface area contributed by atoms with Gasteiger partial charge in [0.1, 0.15) is 12.4 Å². The lowest BCUT2D eigenvalue weighted by Gasteiger charge is -2.18. The molecule has 1 N–H and O–H groups in total.